The van der Waals surface area contributed by atoms with Gasteiger partial charge in [-0.25, -0.2) is 0 Å². The van der Waals surface area contributed by atoms with Crippen molar-refractivity contribution in [2.24, 2.45) is 5.92 Å². The van der Waals surface area contributed by atoms with Crippen molar-refractivity contribution in [2.45, 2.75) is 33.7 Å². The van der Waals surface area contributed by atoms with E-state index in [0.717, 1.165) is 25.6 Å². The summed E-state index contributed by atoms with van der Waals surface area (Å²) in [5.74, 6) is 1.09. The second kappa shape index (κ2) is 6.54. The molecular weight excluding hydrogens is 198 g/mol. The predicted octanol–water partition coefficient (Wildman–Crippen LogP) is 3.26. The molecule has 0 fully saturated rings. The van der Waals surface area contributed by atoms with E-state index in [9.17, 15) is 5.11 Å². The maximum atomic E-state index is 9.22. The van der Waals surface area contributed by atoms with Gasteiger partial charge in [0, 0.05) is 13.1 Å². The lowest BCUT2D eigenvalue weighted by Crippen LogP contribution is -2.27. The Morgan fingerprint density at radius 2 is 1.81 bits per heavy atom. The van der Waals surface area contributed by atoms with Crippen LogP contribution in [-0.2, 0) is 6.54 Å². The minimum Gasteiger partial charge on any atom is -0.508 e. The van der Waals surface area contributed by atoms with Crippen LogP contribution in [0.3, 0.4) is 0 Å². The van der Waals surface area contributed by atoms with Crippen LogP contribution in [-0.4, -0.2) is 23.1 Å². The molecule has 1 rings (SSSR count). The topological polar surface area (TPSA) is 23.5 Å². The molecule has 0 saturated heterocycles. The van der Waals surface area contributed by atoms with Crippen LogP contribution < -0.4 is 0 Å². The van der Waals surface area contributed by atoms with Crippen molar-refractivity contribution in [3.63, 3.8) is 0 Å². The standard InChI is InChI=1S/C14H23NO/c1-4-12(3)10-15(5-2)11-13-6-8-14(16)9-7-13/h6-9,12,16H,4-5,10-11H2,1-3H3. The lowest BCUT2D eigenvalue weighted by Gasteiger charge is -2.23. The summed E-state index contributed by atoms with van der Waals surface area (Å²) in [4.78, 5) is 2.44. The van der Waals surface area contributed by atoms with E-state index in [-0.39, 0.29) is 0 Å². The van der Waals surface area contributed by atoms with Gasteiger partial charge in [-0.15, -0.1) is 0 Å². The highest BCUT2D eigenvalue weighted by Gasteiger charge is 2.07. The van der Waals surface area contributed by atoms with Gasteiger partial charge in [0.2, 0.25) is 0 Å². The number of nitrogens with zero attached hydrogens (tertiary/aromatic N) is 1. The molecular formula is C14H23NO. The van der Waals surface area contributed by atoms with E-state index in [1.807, 2.05) is 12.1 Å². The molecule has 0 aliphatic carbocycles. The summed E-state index contributed by atoms with van der Waals surface area (Å²) in [5.41, 5.74) is 1.27. The molecule has 0 radical (unpaired) electrons. The van der Waals surface area contributed by atoms with E-state index in [2.05, 4.69) is 25.7 Å². The Hall–Kier alpha value is -1.02. The van der Waals surface area contributed by atoms with Crippen LogP contribution in [0.1, 0.15) is 32.8 Å². The Bertz CT molecular complexity index is 294. The van der Waals surface area contributed by atoms with Gasteiger partial charge in [0.25, 0.3) is 0 Å². The smallest absolute Gasteiger partial charge is 0.115 e. The summed E-state index contributed by atoms with van der Waals surface area (Å²) in [7, 11) is 0. The summed E-state index contributed by atoms with van der Waals surface area (Å²) in [5, 5.41) is 9.22. The molecule has 2 nitrogen and oxygen atoms in total. The minimum atomic E-state index is 0.341. The molecule has 1 N–H and O–H groups in total. The fraction of sp³-hybridized carbons (Fsp3) is 0.571. The molecule has 0 saturated carbocycles. The number of rotatable bonds is 6. The minimum absolute atomic E-state index is 0.341. The van der Waals surface area contributed by atoms with Crippen molar-refractivity contribution in [3.8, 4) is 5.75 Å². The van der Waals surface area contributed by atoms with Gasteiger partial charge in [-0.3, -0.25) is 4.90 Å². The first-order chi connectivity index (χ1) is 7.65. The van der Waals surface area contributed by atoms with Gasteiger partial charge in [-0.2, -0.15) is 0 Å². The third-order valence-electron chi connectivity index (χ3n) is 3.06. The van der Waals surface area contributed by atoms with E-state index in [0.29, 0.717) is 5.75 Å². The van der Waals surface area contributed by atoms with Crippen LogP contribution in [0, 0.1) is 5.92 Å². The monoisotopic (exact) mass is 221 g/mol. The van der Waals surface area contributed by atoms with Crippen LogP contribution in [0.15, 0.2) is 24.3 Å². The van der Waals surface area contributed by atoms with Crippen molar-refractivity contribution >= 4 is 0 Å². The van der Waals surface area contributed by atoms with Gasteiger partial charge in [-0.05, 0) is 30.2 Å². The molecule has 90 valence electrons. The molecule has 0 amide bonds. The SMILES string of the molecule is CCC(C)CN(CC)Cc1ccc(O)cc1. The quantitative estimate of drug-likeness (QED) is 0.797. The van der Waals surface area contributed by atoms with Crippen molar-refractivity contribution < 1.29 is 5.11 Å². The molecule has 0 aliphatic heterocycles. The molecule has 0 bridgehead atoms. The van der Waals surface area contributed by atoms with Crippen LogP contribution in [0.25, 0.3) is 0 Å². The summed E-state index contributed by atoms with van der Waals surface area (Å²) >= 11 is 0. The third-order valence-corrected chi connectivity index (χ3v) is 3.06. The Morgan fingerprint density at radius 3 is 2.31 bits per heavy atom. The van der Waals surface area contributed by atoms with E-state index < -0.39 is 0 Å². The molecule has 1 unspecified atom stereocenters. The summed E-state index contributed by atoms with van der Waals surface area (Å²) in [6.45, 7) is 9.92. The first-order valence-electron chi connectivity index (χ1n) is 6.16. The number of hydrogen-bond acceptors (Lipinski definition) is 2. The highest BCUT2D eigenvalue weighted by Crippen LogP contribution is 2.13. The fourth-order valence-corrected chi connectivity index (χ4v) is 1.73. The van der Waals surface area contributed by atoms with Crippen LogP contribution in [0.4, 0.5) is 0 Å². The third kappa shape index (κ3) is 4.23. The number of phenolic OH excluding ortho intramolecular Hbond substituents is 1. The van der Waals surface area contributed by atoms with E-state index in [1.54, 1.807) is 12.1 Å². The zero-order chi connectivity index (χ0) is 12.0. The molecule has 0 aliphatic rings. The number of phenols is 1. The highest BCUT2D eigenvalue weighted by atomic mass is 16.3. The van der Waals surface area contributed by atoms with Gasteiger partial charge < -0.3 is 5.11 Å². The average Bonchev–Trinajstić information content (AvgIpc) is 2.30. The maximum absolute atomic E-state index is 9.22. The molecule has 1 atom stereocenters. The van der Waals surface area contributed by atoms with Gasteiger partial charge in [0.1, 0.15) is 5.75 Å². The number of aromatic hydroxyl groups is 1. The zero-order valence-electron chi connectivity index (χ0n) is 10.6. The van der Waals surface area contributed by atoms with Crippen molar-refractivity contribution in [1.82, 2.24) is 4.90 Å². The number of benzene rings is 1. The molecule has 0 aromatic heterocycles. The summed E-state index contributed by atoms with van der Waals surface area (Å²) in [6.07, 6.45) is 1.23. The second-order valence-corrected chi connectivity index (χ2v) is 4.51. The molecule has 16 heavy (non-hydrogen) atoms. The summed E-state index contributed by atoms with van der Waals surface area (Å²) in [6, 6.07) is 7.50. The molecule has 1 aromatic carbocycles. The first kappa shape index (κ1) is 13.0. The van der Waals surface area contributed by atoms with Crippen molar-refractivity contribution in [2.75, 3.05) is 13.1 Å². The molecule has 1 aromatic rings. The highest BCUT2D eigenvalue weighted by molar-refractivity contribution is 5.25. The van der Waals surface area contributed by atoms with E-state index in [4.69, 9.17) is 0 Å². The van der Waals surface area contributed by atoms with Gasteiger partial charge >= 0.3 is 0 Å². The van der Waals surface area contributed by atoms with Gasteiger partial charge in [0.15, 0.2) is 0 Å². The zero-order valence-corrected chi connectivity index (χ0v) is 10.6. The Kier molecular flexibility index (Phi) is 5.33. The van der Waals surface area contributed by atoms with Crippen LogP contribution in [0.5, 0.6) is 5.75 Å². The lowest BCUT2D eigenvalue weighted by molar-refractivity contribution is 0.238. The number of hydrogen-bond donors (Lipinski definition) is 1. The Labute approximate surface area is 98.9 Å². The average molecular weight is 221 g/mol. The molecule has 0 spiro atoms. The largest absolute Gasteiger partial charge is 0.508 e. The summed E-state index contributed by atoms with van der Waals surface area (Å²) < 4.78 is 0. The molecule has 2 heteroatoms. The second-order valence-electron chi connectivity index (χ2n) is 4.51. The van der Waals surface area contributed by atoms with Crippen LogP contribution in [0.2, 0.25) is 0 Å². The fourth-order valence-electron chi connectivity index (χ4n) is 1.73. The molecule has 0 heterocycles. The Balaban J connectivity index is 2.52. The van der Waals surface area contributed by atoms with Crippen molar-refractivity contribution in [1.29, 1.82) is 0 Å². The Morgan fingerprint density at radius 1 is 1.19 bits per heavy atom. The van der Waals surface area contributed by atoms with E-state index in [1.165, 1.54) is 12.0 Å². The normalized spacial score (nSPS) is 13.0. The predicted molar refractivity (Wildman–Crippen MR) is 68.5 cm³/mol. The van der Waals surface area contributed by atoms with Gasteiger partial charge in [-0.1, -0.05) is 39.3 Å². The van der Waals surface area contributed by atoms with Crippen molar-refractivity contribution in [3.05, 3.63) is 29.8 Å². The lowest BCUT2D eigenvalue weighted by atomic mass is 10.1. The van der Waals surface area contributed by atoms with Gasteiger partial charge in [0.05, 0.1) is 0 Å². The van der Waals surface area contributed by atoms with Crippen LogP contribution >= 0.6 is 0 Å². The van der Waals surface area contributed by atoms with E-state index >= 15 is 0 Å². The maximum Gasteiger partial charge on any atom is 0.115 e. The first-order valence-corrected chi connectivity index (χ1v) is 6.16.